The van der Waals surface area contributed by atoms with E-state index in [-0.39, 0.29) is 5.57 Å². The number of rotatable bonds is 5. The van der Waals surface area contributed by atoms with Crippen LogP contribution in [0.4, 0.5) is 0 Å². The zero-order valence-electron chi connectivity index (χ0n) is 21.3. The molecular formula is C36H28O2. The monoisotopic (exact) mass is 492 g/mol. The number of hydrogen-bond acceptors (Lipinski definition) is 1. The Morgan fingerprint density at radius 2 is 1.21 bits per heavy atom. The van der Waals surface area contributed by atoms with Gasteiger partial charge in [-0.25, -0.2) is 4.79 Å². The van der Waals surface area contributed by atoms with Crippen molar-refractivity contribution in [2.24, 2.45) is 0 Å². The first kappa shape index (κ1) is 24.7. The second-order valence-corrected chi connectivity index (χ2v) is 9.42. The van der Waals surface area contributed by atoms with Crippen LogP contribution in [0.5, 0.6) is 0 Å². The van der Waals surface area contributed by atoms with Crippen LogP contribution in [0.2, 0.25) is 0 Å². The summed E-state index contributed by atoms with van der Waals surface area (Å²) in [6, 6.07) is 38.1. The second kappa shape index (κ2) is 10.6. The highest BCUT2D eigenvalue weighted by atomic mass is 16.4. The lowest BCUT2D eigenvalue weighted by Crippen LogP contribution is -1.95. The minimum Gasteiger partial charge on any atom is -0.478 e. The van der Waals surface area contributed by atoms with Gasteiger partial charge in [0.1, 0.15) is 0 Å². The van der Waals surface area contributed by atoms with Crippen molar-refractivity contribution in [3.8, 4) is 11.1 Å². The number of aliphatic carboxylic acids is 1. The SMILES string of the molecule is C=C(/C=C\C(=C)c1ccc2ccccc2ccc(-c2ccc(C)cc2)c2cc3ccccc3cc12)C(=O)O. The molecule has 0 aliphatic carbocycles. The van der Waals surface area contributed by atoms with Gasteiger partial charge >= 0.3 is 5.97 Å². The number of carbonyl (C=O) groups is 1. The molecule has 2 nitrogen and oxygen atoms in total. The summed E-state index contributed by atoms with van der Waals surface area (Å²) < 4.78 is 0. The molecule has 0 unspecified atom stereocenters. The lowest BCUT2D eigenvalue weighted by atomic mass is 9.92. The van der Waals surface area contributed by atoms with Crippen molar-refractivity contribution in [3.05, 3.63) is 151 Å². The molecule has 0 fully saturated rings. The van der Waals surface area contributed by atoms with E-state index in [0.717, 1.165) is 49.0 Å². The summed E-state index contributed by atoms with van der Waals surface area (Å²) in [4.78, 5) is 11.4. The molecule has 0 bridgehead atoms. The number of carboxylic acid groups (broad SMARTS) is 1. The normalized spacial score (nSPS) is 11.1. The van der Waals surface area contributed by atoms with Crippen molar-refractivity contribution >= 4 is 43.9 Å². The zero-order valence-corrected chi connectivity index (χ0v) is 21.3. The van der Waals surface area contributed by atoms with Gasteiger partial charge in [0.2, 0.25) is 0 Å². The molecule has 0 spiro atoms. The van der Waals surface area contributed by atoms with E-state index in [1.807, 2.05) is 18.2 Å². The van der Waals surface area contributed by atoms with Gasteiger partial charge in [-0.1, -0.05) is 122 Å². The number of benzene rings is 4. The van der Waals surface area contributed by atoms with Gasteiger partial charge in [-0.2, -0.15) is 0 Å². The van der Waals surface area contributed by atoms with Crippen LogP contribution in [0.15, 0.2) is 140 Å². The Kier molecular flexibility index (Phi) is 6.88. The summed E-state index contributed by atoms with van der Waals surface area (Å²) in [5, 5.41) is 15.9. The van der Waals surface area contributed by atoms with Crippen LogP contribution in [0.1, 0.15) is 11.1 Å². The summed E-state index contributed by atoms with van der Waals surface area (Å²) in [6.45, 7) is 10.1. The molecule has 5 aromatic carbocycles. The highest BCUT2D eigenvalue weighted by Gasteiger charge is 2.09. The Balaban J connectivity index is 1.96. The Morgan fingerprint density at radius 3 is 1.82 bits per heavy atom. The highest BCUT2D eigenvalue weighted by molar-refractivity contribution is 6.09. The molecule has 0 atom stereocenters. The van der Waals surface area contributed by atoms with Crippen molar-refractivity contribution in [3.63, 3.8) is 0 Å². The third-order valence-corrected chi connectivity index (χ3v) is 6.79. The first-order chi connectivity index (χ1) is 18.4. The van der Waals surface area contributed by atoms with Gasteiger partial charge in [-0.15, -0.1) is 0 Å². The third kappa shape index (κ3) is 5.11. The molecule has 0 aliphatic heterocycles. The number of hydrogen-bond donors (Lipinski definition) is 1. The van der Waals surface area contributed by atoms with E-state index >= 15 is 0 Å². The highest BCUT2D eigenvalue weighted by Crippen LogP contribution is 2.34. The van der Waals surface area contributed by atoms with Crippen molar-refractivity contribution < 1.29 is 9.90 Å². The molecule has 0 saturated heterocycles. The van der Waals surface area contributed by atoms with Crippen molar-refractivity contribution in [2.45, 2.75) is 6.92 Å². The van der Waals surface area contributed by atoms with E-state index in [1.54, 1.807) is 6.08 Å². The Hall–Kier alpha value is -4.95. The minimum absolute atomic E-state index is 0.00881. The fraction of sp³-hybridized carbons (Fsp3) is 0.0278. The van der Waals surface area contributed by atoms with E-state index in [9.17, 15) is 9.90 Å². The van der Waals surface area contributed by atoms with Crippen LogP contribution in [0, 0.1) is 6.92 Å². The van der Waals surface area contributed by atoms with Gasteiger partial charge < -0.3 is 5.11 Å². The topological polar surface area (TPSA) is 37.3 Å². The number of allylic oxidation sites excluding steroid dienone is 2. The van der Waals surface area contributed by atoms with Gasteiger partial charge in [-0.05, 0) is 79.7 Å². The zero-order chi connectivity index (χ0) is 26.6. The lowest BCUT2D eigenvalue weighted by Gasteiger charge is -2.12. The predicted octanol–water partition coefficient (Wildman–Crippen LogP) is 9.46. The lowest BCUT2D eigenvalue weighted by molar-refractivity contribution is -0.132. The molecular weight excluding hydrogens is 464 g/mol. The molecule has 0 radical (unpaired) electrons. The molecule has 0 aromatic heterocycles. The molecule has 2 heteroatoms. The van der Waals surface area contributed by atoms with Crippen molar-refractivity contribution in [1.29, 1.82) is 0 Å². The maximum absolute atomic E-state index is 11.4. The smallest absolute Gasteiger partial charge is 0.335 e. The number of aryl methyl sites for hydroxylation is 1. The quantitative estimate of drug-likeness (QED) is 0.196. The van der Waals surface area contributed by atoms with E-state index in [4.69, 9.17) is 0 Å². The summed E-state index contributed by atoms with van der Waals surface area (Å²) in [5.74, 6) is -1.05. The number of fused-ring (bicyclic) bond motifs is 3. The molecule has 0 amide bonds. The molecule has 1 N–H and O–H groups in total. The summed E-state index contributed by atoms with van der Waals surface area (Å²) in [6.07, 6.45) is 3.23. The number of carboxylic acids is 1. The molecule has 5 rings (SSSR count). The van der Waals surface area contributed by atoms with Crippen LogP contribution in [-0.2, 0) is 4.79 Å². The molecule has 0 heterocycles. The van der Waals surface area contributed by atoms with Gasteiger partial charge in [0.05, 0.1) is 5.57 Å². The first-order valence-corrected chi connectivity index (χ1v) is 12.5. The van der Waals surface area contributed by atoms with Crippen LogP contribution < -0.4 is 0 Å². The Bertz CT molecular complexity index is 1790. The average molecular weight is 493 g/mol. The fourth-order valence-corrected chi connectivity index (χ4v) is 4.65. The molecule has 184 valence electrons. The summed E-state index contributed by atoms with van der Waals surface area (Å²) in [7, 11) is 0. The van der Waals surface area contributed by atoms with Crippen LogP contribution in [0.25, 0.3) is 49.0 Å². The van der Waals surface area contributed by atoms with Crippen LogP contribution in [0.3, 0.4) is 0 Å². The van der Waals surface area contributed by atoms with E-state index in [1.165, 1.54) is 11.6 Å². The van der Waals surface area contributed by atoms with Crippen molar-refractivity contribution in [2.75, 3.05) is 0 Å². The van der Waals surface area contributed by atoms with Crippen molar-refractivity contribution in [1.82, 2.24) is 0 Å². The largest absolute Gasteiger partial charge is 0.478 e. The van der Waals surface area contributed by atoms with E-state index < -0.39 is 5.97 Å². The Labute approximate surface area is 222 Å². The first-order valence-electron chi connectivity index (χ1n) is 12.5. The van der Waals surface area contributed by atoms with Crippen LogP contribution >= 0.6 is 0 Å². The Morgan fingerprint density at radius 1 is 0.658 bits per heavy atom. The minimum atomic E-state index is -1.05. The second-order valence-electron chi connectivity index (χ2n) is 9.42. The summed E-state index contributed by atoms with van der Waals surface area (Å²) in [5.41, 5.74) is 5.04. The van der Waals surface area contributed by atoms with Gasteiger partial charge in [0.15, 0.2) is 0 Å². The third-order valence-electron chi connectivity index (χ3n) is 6.79. The van der Waals surface area contributed by atoms with Gasteiger partial charge in [-0.3, -0.25) is 0 Å². The maximum atomic E-state index is 11.4. The van der Waals surface area contributed by atoms with E-state index in [2.05, 4.69) is 111 Å². The average Bonchev–Trinajstić information content (AvgIpc) is 2.93. The summed E-state index contributed by atoms with van der Waals surface area (Å²) >= 11 is 0. The van der Waals surface area contributed by atoms with E-state index in [0.29, 0.717) is 5.57 Å². The molecule has 38 heavy (non-hydrogen) atoms. The molecule has 5 aromatic rings. The van der Waals surface area contributed by atoms with Crippen LogP contribution in [-0.4, -0.2) is 11.1 Å². The molecule has 0 aliphatic rings. The molecule has 0 saturated carbocycles. The van der Waals surface area contributed by atoms with Gasteiger partial charge in [0, 0.05) is 0 Å². The predicted molar refractivity (Wildman–Crippen MR) is 162 cm³/mol. The standard InChI is InChI=1S/C36H28O2/c1-24-12-16-29(17-13-24)33-21-19-28-9-5-4-8-27(28)18-20-32(25(2)14-15-26(3)36(37)38)34-22-30-10-6-7-11-31(30)23-35(33)34/h4-23H,2-3H2,1H3,(H,37,38)/b15-14-,20-18?,21-19?,27-18?,28-19?,32-20?,33-21?,34-32?,35-33?. The maximum Gasteiger partial charge on any atom is 0.335 e. The fourth-order valence-electron chi connectivity index (χ4n) is 4.65. The van der Waals surface area contributed by atoms with Gasteiger partial charge in [0.25, 0.3) is 0 Å².